The third-order valence-electron chi connectivity index (χ3n) is 2.58. The summed E-state index contributed by atoms with van der Waals surface area (Å²) in [5, 5.41) is 0.976. The van der Waals surface area contributed by atoms with E-state index in [0.29, 0.717) is 28.7 Å². The molecule has 0 bridgehead atoms. The van der Waals surface area contributed by atoms with Crippen molar-refractivity contribution in [2.24, 2.45) is 0 Å². The summed E-state index contributed by atoms with van der Waals surface area (Å²) in [4.78, 5) is 13.8. The highest BCUT2D eigenvalue weighted by Gasteiger charge is 2.26. The lowest BCUT2D eigenvalue weighted by molar-refractivity contribution is 0.0793. The van der Waals surface area contributed by atoms with E-state index in [1.54, 1.807) is 23.1 Å². The Morgan fingerprint density at radius 2 is 2.12 bits per heavy atom. The lowest BCUT2D eigenvalue weighted by Gasteiger charge is -2.16. The molecule has 2 rings (SSSR count). The first-order valence-corrected chi connectivity index (χ1v) is 6.15. The van der Waals surface area contributed by atoms with Gasteiger partial charge in [-0.05, 0) is 24.6 Å². The maximum Gasteiger partial charge on any atom is 0.255 e. The van der Waals surface area contributed by atoms with Crippen molar-refractivity contribution in [3.63, 3.8) is 0 Å². The van der Waals surface area contributed by atoms with Gasteiger partial charge in [-0.3, -0.25) is 4.79 Å². The van der Waals surface area contributed by atoms with Gasteiger partial charge in [0.15, 0.2) is 0 Å². The van der Waals surface area contributed by atoms with Crippen LogP contribution in [0.15, 0.2) is 18.2 Å². The van der Waals surface area contributed by atoms with Gasteiger partial charge in [-0.2, -0.15) is 0 Å². The topological polar surface area (TPSA) is 20.3 Å². The van der Waals surface area contributed by atoms with Crippen LogP contribution >= 0.6 is 34.8 Å². The van der Waals surface area contributed by atoms with Gasteiger partial charge >= 0.3 is 0 Å². The maximum absolute atomic E-state index is 12.1. The Bertz CT molecular complexity index is 422. The van der Waals surface area contributed by atoms with E-state index in [9.17, 15) is 4.79 Å². The van der Waals surface area contributed by atoms with E-state index in [-0.39, 0.29) is 11.3 Å². The minimum absolute atomic E-state index is 0.0434. The highest BCUT2D eigenvalue weighted by atomic mass is 35.5. The third kappa shape index (κ3) is 2.45. The quantitative estimate of drug-likeness (QED) is 0.721. The van der Waals surface area contributed by atoms with Crippen molar-refractivity contribution in [3.05, 3.63) is 33.8 Å². The van der Waals surface area contributed by atoms with Crippen molar-refractivity contribution in [1.82, 2.24) is 4.90 Å². The predicted octanol–water partition coefficient (Wildman–Crippen LogP) is 3.45. The van der Waals surface area contributed by atoms with E-state index >= 15 is 0 Å². The summed E-state index contributed by atoms with van der Waals surface area (Å²) in [6.45, 7) is 1.25. The molecule has 1 heterocycles. The summed E-state index contributed by atoms with van der Waals surface area (Å²) in [6.07, 6.45) is 0.825. The Kier molecular flexibility index (Phi) is 3.63. The van der Waals surface area contributed by atoms with Crippen molar-refractivity contribution in [2.45, 2.75) is 11.8 Å². The fourth-order valence-corrected chi connectivity index (χ4v) is 2.37. The SMILES string of the molecule is O=C(c1cc(Cl)ccc1Cl)N1CCC(Cl)C1. The first-order chi connectivity index (χ1) is 7.58. The Labute approximate surface area is 109 Å². The fourth-order valence-electron chi connectivity index (χ4n) is 1.73. The molecular formula is C11H10Cl3NO. The Morgan fingerprint density at radius 3 is 2.75 bits per heavy atom. The van der Waals surface area contributed by atoms with Crippen LogP contribution in [0.4, 0.5) is 0 Å². The number of halogens is 3. The van der Waals surface area contributed by atoms with Gasteiger partial charge in [-0.1, -0.05) is 23.2 Å². The summed E-state index contributed by atoms with van der Waals surface area (Å²) >= 11 is 17.8. The van der Waals surface area contributed by atoms with Crippen LogP contribution in [0.1, 0.15) is 16.8 Å². The van der Waals surface area contributed by atoms with Gasteiger partial charge in [-0.25, -0.2) is 0 Å². The van der Waals surface area contributed by atoms with Gasteiger partial charge in [-0.15, -0.1) is 11.6 Å². The predicted molar refractivity (Wildman–Crippen MR) is 66.6 cm³/mol. The number of nitrogens with zero attached hydrogens (tertiary/aromatic N) is 1. The molecule has 1 aromatic rings. The lowest BCUT2D eigenvalue weighted by atomic mass is 10.2. The van der Waals surface area contributed by atoms with Crippen LogP contribution in [0, 0.1) is 0 Å². The molecule has 0 saturated carbocycles. The molecule has 1 amide bonds. The first-order valence-electron chi connectivity index (χ1n) is 4.96. The molecule has 1 atom stereocenters. The molecule has 0 spiro atoms. The largest absolute Gasteiger partial charge is 0.337 e. The molecule has 86 valence electrons. The minimum atomic E-state index is -0.101. The number of amides is 1. The zero-order chi connectivity index (χ0) is 11.7. The number of carbonyl (C=O) groups excluding carboxylic acids is 1. The lowest BCUT2D eigenvalue weighted by Crippen LogP contribution is -2.29. The van der Waals surface area contributed by atoms with Crippen molar-refractivity contribution in [3.8, 4) is 0 Å². The maximum atomic E-state index is 12.1. The number of carbonyl (C=O) groups is 1. The average molecular weight is 279 g/mol. The van der Waals surface area contributed by atoms with Crippen LogP contribution in [0.5, 0.6) is 0 Å². The molecule has 1 aromatic carbocycles. The molecule has 2 nitrogen and oxygen atoms in total. The van der Waals surface area contributed by atoms with Crippen LogP contribution < -0.4 is 0 Å². The second kappa shape index (κ2) is 4.82. The van der Waals surface area contributed by atoms with E-state index < -0.39 is 0 Å². The smallest absolute Gasteiger partial charge is 0.255 e. The van der Waals surface area contributed by atoms with E-state index in [0.717, 1.165) is 6.42 Å². The number of hydrogen-bond acceptors (Lipinski definition) is 1. The van der Waals surface area contributed by atoms with Gasteiger partial charge in [0.05, 0.1) is 16.0 Å². The summed E-state index contributed by atoms with van der Waals surface area (Å²) < 4.78 is 0. The Balaban J connectivity index is 2.23. The molecule has 0 aromatic heterocycles. The van der Waals surface area contributed by atoms with Gasteiger partial charge in [0.2, 0.25) is 0 Å². The molecule has 1 fully saturated rings. The van der Waals surface area contributed by atoms with Crippen LogP contribution in [0.3, 0.4) is 0 Å². The van der Waals surface area contributed by atoms with Crippen molar-refractivity contribution in [1.29, 1.82) is 0 Å². The number of likely N-dealkylation sites (tertiary alicyclic amines) is 1. The molecule has 5 heteroatoms. The highest BCUT2D eigenvalue weighted by Crippen LogP contribution is 2.24. The molecule has 1 aliphatic heterocycles. The first kappa shape index (κ1) is 12.0. The van der Waals surface area contributed by atoms with Crippen LogP contribution in [-0.4, -0.2) is 29.3 Å². The zero-order valence-corrected chi connectivity index (χ0v) is 10.7. The third-order valence-corrected chi connectivity index (χ3v) is 3.50. The van der Waals surface area contributed by atoms with Crippen molar-refractivity contribution in [2.75, 3.05) is 13.1 Å². The molecule has 1 aliphatic rings. The van der Waals surface area contributed by atoms with Crippen molar-refractivity contribution < 1.29 is 4.79 Å². The van der Waals surface area contributed by atoms with E-state index in [1.165, 1.54) is 0 Å². The fraction of sp³-hybridized carbons (Fsp3) is 0.364. The second-order valence-electron chi connectivity index (χ2n) is 3.76. The molecule has 0 radical (unpaired) electrons. The number of hydrogen-bond donors (Lipinski definition) is 0. The Morgan fingerprint density at radius 1 is 1.38 bits per heavy atom. The number of alkyl halides is 1. The standard InChI is InChI=1S/C11H10Cl3NO/c12-7-1-2-10(14)9(5-7)11(16)15-4-3-8(13)6-15/h1-2,5,8H,3-4,6H2. The molecule has 0 aliphatic carbocycles. The van der Waals surface area contributed by atoms with Gasteiger partial charge in [0.25, 0.3) is 5.91 Å². The van der Waals surface area contributed by atoms with Gasteiger partial charge in [0, 0.05) is 18.1 Å². The molecule has 16 heavy (non-hydrogen) atoms. The summed E-state index contributed by atoms with van der Waals surface area (Å²) in [6, 6.07) is 4.88. The summed E-state index contributed by atoms with van der Waals surface area (Å²) in [5.41, 5.74) is 0.444. The normalized spacial score (nSPS) is 20.2. The minimum Gasteiger partial charge on any atom is -0.337 e. The summed E-state index contributed by atoms with van der Waals surface area (Å²) in [7, 11) is 0. The monoisotopic (exact) mass is 277 g/mol. The number of rotatable bonds is 1. The van der Waals surface area contributed by atoms with E-state index in [4.69, 9.17) is 34.8 Å². The zero-order valence-electron chi connectivity index (χ0n) is 8.42. The van der Waals surface area contributed by atoms with Crippen LogP contribution in [0.2, 0.25) is 10.0 Å². The molecule has 0 N–H and O–H groups in total. The van der Waals surface area contributed by atoms with Crippen LogP contribution in [-0.2, 0) is 0 Å². The van der Waals surface area contributed by atoms with Crippen LogP contribution in [0.25, 0.3) is 0 Å². The molecular weight excluding hydrogens is 268 g/mol. The van der Waals surface area contributed by atoms with Gasteiger partial charge in [0.1, 0.15) is 0 Å². The van der Waals surface area contributed by atoms with E-state index in [1.807, 2.05) is 0 Å². The molecule has 1 saturated heterocycles. The highest BCUT2D eigenvalue weighted by molar-refractivity contribution is 6.35. The molecule has 1 unspecified atom stereocenters. The second-order valence-corrected chi connectivity index (χ2v) is 5.22. The average Bonchev–Trinajstić information content (AvgIpc) is 2.67. The van der Waals surface area contributed by atoms with E-state index in [2.05, 4.69) is 0 Å². The van der Waals surface area contributed by atoms with Gasteiger partial charge < -0.3 is 4.90 Å². The Hall–Kier alpha value is -0.440. The van der Waals surface area contributed by atoms with Crippen molar-refractivity contribution >= 4 is 40.7 Å². The number of benzene rings is 1. The summed E-state index contributed by atoms with van der Waals surface area (Å²) in [5.74, 6) is -0.101.